The van der Waals surface area contributed by atoms with Crippen LogP contribution in [0.4, 0.5) is 0 Å². The minimum atomic E-state index is -0.409. The molecule has 0 aliphatic carbocycles. The summed E-state index contributed by atoms with van der Waals surface area (Å²) in [5, 5.41) is 2.51. The minimum Gasteiger partial charge on any atom is -0.350 e. The molecule has 0 spiro atoms. The Bertz CT molecular complexity index is 297. The normalized spacial score (nSPS) is 9.87. The van der Waals surface area contributed by atoms with Gasteiger partial charge in [-0.05, 0) is 11.8 Å². The van der Waals surface area contributed by atoms with Crippen molar-refractivity contribution in [3.63, 3.8) is 0 Å². The highest BCUT2D eigenvalue weighted by atomic mass is 16.2. The second-order valence-electron chi connectivity index (χ2n) is 3.24. The second-order valence-corrected chi connectivity index (χ2v) is 3.24. The minimum absolute atomic E-state index is 0.167. The first-order valence-electron chi connectivity index (χ1n) is 4.58. The number of nitrogens with zero attached hydrogens (tertiary/aromatic N) is 1. The van der Waals surface area contributed by atoms with Crippen molar-refractivity contribution in [2.24, 2.45) is 0 Å². The van der Waals surface area contributed by atoms with Gasteiger partial charge in [0.05, 0.1) is 19.0 Å². The molecule has 1 radical (unpaired) electrons. The summed E-state index contributed by atoms with van der Waals surface area (Å²) in [6.45, 7) is 8.11. The average molecular weight is 212 g/mol. The molecule has 5 heteroatoms. The van der Waals surface area contributed by atoms with Crippen LogP contribution in [0.5, 0.6) is 0 Å². The van der Waals surface area contributed by atoms with Crippen LogP contribution in [0.25, 0.3) is 0 Å². The molecule has 0 unspecified atom stereocenters. The Morgan fingerprint density at radius 2 is 1.73 bits per heavy atom. The summed E-state index contributed by atoms with van der Waals surface area (Å²) < 4.78 is 0. The highest BCUT2D eigenvalue weighted by Gasteiger charge is 2.31. The molecule has 0 fully saturated rings. The summed E-state index contributed by atoms with van der Waals surface area (Å²) in [5.41, 5.74) is 0.299. The lowest BCUT2D eigenvalue weighted by Crippen LogP contribution is -2.45. The summed E-state index contributed by atoms with van der Waals surface area (Å²) in [7, 11) is 0. The first-order chi connectivity index (χ1) is 6.86. The zero-order chi connectivity index (χ0) is 12.0. The topological polar surface area (TPSA) is 69.1 Å². The van der Waals surface area contributed by atoms with E-state index >= 15 is 0 Å². The molecule has 0 aromatic heterocycles. The molecule has 1 N–H and O–H groups in total. The van der Waals surface area contributed by atoms with Crippen LogP contribution in [-0.4, -0.2) is 30.8 Å². The zero-order valence-corrected chi connectivity index (χ0v) is 9.29. The quantitative estimate of drug-likeness (QED) is 0.523. The Labute approximate surface area is 89.1 Å². The summed E-state index contributed by atoms with van der Waals surface area (Å²) in [4.78, 5) is 34.2. The Kier molecular flexibility index (Phi) is 5.48. The Balaban J connectivity index is 4.30. The molecule has 0 atom stereocenters. The number of carbonyl (C=O) groups is 3. The van der Waals surface area contributed by atoms with Gasteiger partial charge in [0.2, 0.25) is 5.91 Å². The van der Waals surface area contributed by atoms with Gasteiger partial charge >= 0.3 is 11.8 Å². The molecule has 0 aromatic carbocycles. The molecular formula is C10H16N2O3+. The van der Waals surface area contributed by atoms with Crippen LogP contribution in [0.2, 0.25) is 0 Å². The largest absolute Gasteiger partial charge is 0.396 e. The number of hydrogen-bond donors (Lipinski definition) is 1. The number of imide groups is 1. The van der Waals surface area contributed by atoms with Gasteiger partial charge in [0.1, 0.15) is 0 Å². The van der Waals surface area contributed by atoms with E-state index in [1.54, 1.807) is 0 Å². The van der Waals surface area contributed by atoms with Crippen LogP contribution in [0.15, 0.2) is 12.2 Å². The fraction of sp³-hybridized carbons (Fsp3) is 0.500. The number of rotatable bonds is 4. The molecule has 0 aliphatic rings. The number of hydrogen-bond acceptors (Lipinski definition) is 3. The van der Waals surface area contributed by atoms with Gasteiger partial charge in [-0.2, -0.15) is 0 Å². The lowest BCUT2D eigenvalue weighted by molar-refractivity contribution is -0.134. The summed E-state index contributed by atoms with van der Waals surface area (Å²) in [5.74, 6) is -0.956. The molecule has 0 bridgehead atoms. The van der Waals surface area contributed by atoms with Gasteiger partial charge in [0.15, 0.2) is 6.54 Å². The van der Waals surface area contributed by atoms with E-state index in [0.717, 1.165) is 4.90 Å². The summed E-state index contributed by atoms with van der Waals surface area (Å²) in [6, 6.07) is 0. The molecule has 0 aromatic rings. The third kappa shape index (κ3) is 5.07. The van der Waals surface area contributed by atoms with E-state index in [1.807, 2.05) is 0 Å². The van der Waals surface area contributed by atoms with Crippen molar-refractivity contribution in [2.75, 3.05) is 13.1 Å². The van der Waals surface area contributed by atoms with Crippen molar-refractivity contribution >= 4 is 17.7 Å². The summed E-state index contributed by atoms with van der Waals surface area (Å²) >= 11 is 0. The highest BCUT2D eigenvalue weighted by Crippen LogP contribution is 1.95. The van der Waals surface area contributed by atoms with E-state index in [4.69, 9.17) is 0 Å². The van der Waals surface area contributed by atoms with E-state index in [2.05, 4.69) is 11.9 Å². The maximum absolute atomic E-state index is 11.5. The predicted octanol–water partition coefficient (Wildman–Crippen LogP) is -0.0882. The number of amides is 3. The van der Waals surface area contributed by atoms with Gasteiger partial charge < -0.3 is 5.32 Å². The Morgan fingerprint density at radius 3 is 2.07 bits per heavy atom. The van der Waals surface area contributed by atoms with Gasteiger partial charge in [-0.3, -0.25) is 4.79 Å². The van der Waals surface area contributed by atoms with E-state index in [9.17, 15) is 14.4 Å². The van der Waals surface area contributed by atoms with Crippen molar-refractivity contribution in [3.8, 4) is 0 Å². The first kappa shape index (κ1) is 13.5. The zero-order valence-electron chi connectivity index (χ0n) is 9.29. The van der Waals surface area contributed by atoms with Crippen LogP contribution in [0, 0.1) is 0 Å². The first-order valence-corrected chi connectivity index (χ1v) is 4.58. The molecule has 15 heavy (non-hydrogen) atoms. The molecule has 3 amide bonds. The summed E-state index contributed by atoms with van der Waals surface area (Å²) in [6.07, 6.45) is 0. The molecule has 0 aliphatic heterocycles. The predicted molar refractivity (Wildman–Crippen MR) is 56.2 cm³/mol. The fourth-order valence-electron chi connectivity index (χ4n) is 0.976. The molecule has 0 heterocycles. The van der Waals surface area contributed by atoms with Crippen molar-refractivity contribution in [2.45, 2.75) is 20.8 Å². The van der Waals surface area contributed by atoms with E-state index in [-0.39, 0.29) is 24.9 Å². The second kappa shape index (κ2) is 6.08. The maximum Gasteiger partial charge on any atom is 0.396 e. The molecular weight excluding hydrogens is 196 g/mol. The van der Waals surface area contributed by atoms with Crippen molar-refractivity contribution < 1.29 is 14.4 Å². The molecule has 83 valence electrons. The third-order valence-corrected chi connectivity index (χ3v) is 1.70. The third-order valence-electron chi connectivity index (χ3n) is 1.70. The van der Waals surface area contributed by atoms with Gasteiger partial charge in [-0.15, -0.1) is 0 Å². The Hall–Kier alpha value is -1.49. The highest BCUT2D eigenvalue weighted by molar-refractivity contribution is 6.05. The molecule has 0 saturated heterocycles. The monoisotopic (exact) mass is 212 g/mol. The smallest absolute Gasteiger partial charge is 0.350 e. The number of nitrogens with one attached hydrogen (secondary N) is 1. The molecule has 0 rings (SSSR count). The van der Waals surface area contributed by atoms with Crippen LogP contribution in [0.3, 0.4) is 0 Å². The van der Waals surface area contributed by atoms with Gasteiger partial charge in [0, 0.05) is 6.92 Å². The lowest BCUT2D eigenvalue weighted by atomic mass is 10.3. The average Bonchev–Trinajstić information content (AvgIpc) is 2.10. The van der Waals surface area contributed by atoms with Crippen LogP contribution < -0.4 is 10.2 Å². The van der Waals surface area contributed by atoms with E-state index < -0.39 is 5.91 Å². The fourth-order valence-corrected chi connectivity index (χ4v) is 0.976. The maximum atomic E-state index is 11.5. The van der Waals surface area contributed by atoms with Gasteiger partial charge in [0.25, 0.3) is 0 Å². The lowest BCUT2D eigenvalue weighted by Gasteiger charge is -2.05. The molecule has 0 saturated carbocycles. The van der Waals surface area contributed by atoms with Crippen molar-refractivity contribution in [1.29, 1.82) is 0 Å². The van der Waals surface area contributed by atoms with Crippen molar-refractivity contribution in [3.05, 3.63) is 12.2 Å². The SMILES string of the molecule is C=C(C)C(=O)[N+](CCNC(C)=O)C(C)=O. The Morgan fingerprint density at radius 1 is 1.20 bits per heavy atom. The van der Waals surface area contributed by atoms with Crippen molar-refractivity contribution in [1.82, 2.24) is 10.2 Å². The van der Waals surface area contributed by atoms with E-state index in [1.165, 1.54) is 20.8 Å². The number of carbonyl (C=O) groups excluding carboxylic acids is 3. The molecule has 5 nitrogen and oxygen atoms in total. The van der Waals surface area contributed by atoms with Gasteiger partial charge in [-0.25, -0.2) is 9.59 Å². The standard InChI is InChI=1S/C10H16N2O3/c1-7(2)10(15)12(9(4)14)6-5-11-8(3)13/h1,5-6H2,2-4H3,(H,11,13)/q+1. The van der Waals surface area contributed by atoms with E-state index in [0.29, 0.717) is 5.57 Å². The van der Waals surface area contributed by atoms with Gasteiger partial charge in [-0.1, -0.05) is 6.58 Å². The van der Waals surface area contributed by atoms with Crippen LogP contribution >= 0.6 is 0 Å². The van der Waals surface area contributed by atoms with Crippen LogP contribution in [-0.2, 0) is 14.4 Å². The van der Waals surface area contributed by atoms with Crippen LogP contribution in [0.1, 0.15) is 20.8 Å².